The predicted molar refractivity (Wildman–Crippen MR) is 264 cm³/mol. The molecule has 62 heavy (non-hydrogen) atoms. The van der Waals surface area contributed by atoms with Crippen molar-refractivity contribution in [1.82, 2.24) is 4.57 Å². The van der Waals surface area contributed by atoms with Crippen LogP contribution in [0.5, 0.6) is 0 Å². The van der Waals surface area contributed by atoms with Gasteiger partial charge in [-0.05, 0) is 127 Å². The van der Waals surface area contributed by atoms with Crippen molar-refractivity contribution in [2.75, 3.05) is 4.90 Å². The highest BCUT2D eigenvalue weighted by molar-refractivity contribution is 6.14. The van der Waals surface area contributed by atoms with Gasteiger partial charge in [0.2, 0.25) is 0 Å². The van der Waals surface area contributed by atoms with E-state index in [0.29, 0.717) is 0 Å². The van der Waals surface area contributed by atoms with Crippen molar-refractivity contribution >= 4 is 71.2 Å². The number of para-hydroxylation sites is 3. The third-order valence-corrected chi connectivity index (χ3v) is 12.5. The number of aromatic nitrogens is 1. The lowest BCUT2D eigenvalue weighted by molar-refractivity contribution is 1.18. The number of fused-ring (bicyclic) bond motifs is 7. The van der Waals surface area contributed by atoms with Gasteiger partial charge in [-0.3, -0.25) is 0 Å². The minimum absolute atomic E-state index is 1.08. The number of rotatable bonds is 7. The summed E-state index contributed by atoms with van der Waals surface area (Å²) in [6, 6.07) is 88.5. The van der Waals surface area contributed by atoms with E-state index in [0.717, 1.165) is 28.3 Å². The lowest BCUT2D eigenvalue weighted by Crippen LogP contribution is -2.10. The molecule has 0 atom stereocenters. The molecule has 0 spiro atoms. The molecule has 0 aliphatic heterocycles. The lowest BCUT2D eigenvalue weighted by Gasteiger charge is -2.27. The van der Waals surface area contributed by atoms with E-state index in [1.54, 1.807) is 0 Å². The van der Waals surface area contributed by atoms with Gasteiger partial charge in [-0.25, -0.2) is 0 Å². The van der Waals surface area contributed by atoms with Gasteiger partial charge < -0.3 is 9.47 Å². The highest BCUT2D eigenvalue weighted by Gasteiger charge is 2.19. The maximum absolute atomic E-state index is 2.42. The molecule has 0 aliphatic carbocycles. The second-order valence-corrected chi connectivity index (χ2v) is 16.1. The van der Waals surface area contributed by atoms with Gasteiger partial charge in [0.15, 0.2) is 0 Å². The van der Waals surface area contributed by atoms with Crippen LogP contribution in [0.15, 0.2) is 243 Å². The zero-order valence-corrected chi connectivity index (χ0v) is 34.0. The van der Waals surface area contributed by atoms with E-state index < -0.39 is 0 Å². The van der Waals surface area contributed by atoms with E-state index in [9.17, 15) is 0 Å². The van der Waals surface area contributed by atoms with E-state index in [4.69, 9.17) is 0 Å². The quantitative estimate of drug-likeness (QED) is 0.146. The molecule has 1 heterocycles. The van der Waals surface area contributed by atoms with Gasteiger partial charge in [-0.2, -0.15) is 0 Å². The maximum atomic E-state index is 2.42. The van der Waals surface area contributed by atoms with Crippen LogP contribution in [0.2, 0.25) is 0 Å². The number of hydrogen-bond acceptors (Lipinski definition) is 1. The largest absolute Gasteiger partial charge is 0.310 e. The fourth-order valence-corrected chi connectivity index (χ4v) is 9.63. The normalized spacial score (nSPS) is 11.5. The Labute approximate surface area is 360 Å². The Morgan fingerprint density at radius 1 is 0.258 bits per heavy atom. The van der Waals surface area contributed by atoms with Crippen molar-refractivity contribution in [2.45, 2.75) is 0 Å². The monoisotopic (exact) mass is 788 g/mol. The molecule has 0 N–H and O–H groups in total. The predicted octanol–water partition coefficient (Wildman–Crippen LogP) is 16.7. The SMILES string of the molecule is c1cc(-c2ccc3ccccc3c2)cc(N(c2ccc(-c3ccccc3-n3c4ccccc4c4ccccc43)cc2)c2cccc(-c3cc4ccccc4c4ccccc34)c2)c1. The van der Waals surface area contributed by atoms with Gasteiger partial charge in [0.25, 0.3) is 0 Å². The molecule has 0 unspecified atom stereocenters. The molecule has 2 nitrogen and oxygen atoms in total. The van der Waals surface area contributed by atoms with Crippen LogP contribution in [0.3, 0.4) is 0 Å². The molecule has 12 rings (SSSR count). The average Bonchev–Trinajstić information content (AvgIpc) is 3.68. The summed E-state index contributed by atoms with van der Waals surface area (Å²) in [5.74, 6) is 0. The van der Waals surface area contributed by atoms with Gasteiger partial charge in [-0.1, -0.05) is 176 Å². The van der Waals surface area contributed by atoms with E-state index in [1.807, 2.05) is 0 Å². The van der Waals surface area contributed by atoms with Crippen LogP contribution < -0.4 is 4.90 Å². The molecular formula is C60H40N2. The smallest absolute Gasteiger partial charge is 0.0541 e. The summed E-state index contributed by atoms with van der Waals surface area (Å²) in [5.41, 5.74) is 13.9. The molecule has 0 saturated heterocycles. The third-order valence-electron chi connectivity index (χ3n) is 12.5. The van der Waals surface area contributed by atoms with Crippen LogP contribution in [-0.4, -0.2) is 4.57 Å². The Morgan fingerprint density at radius 3 is 1.53 bits per heavy atom. The first-order valence-electron chi connectivity index (χ1n) is 21.3. The first-order chi connectivity index (χ1) is 30.7. The summed E-state index contributed by atoms with van der Waals surface area (Å²) in [5, 5.41) is 10.0. The number of benzene rings is 11. The van der Waals surface area contributed by atoms with Crippen molar-refractivity contribution in [3.05, 3.63) is 243 Å². The van der Waals surface area contributed by atoms with E-state index in [1.165, 1.54) is 81.9 Å². The molecule has 0 bridgehead atoms. The average molecular weight is 789 g/mol. The van der Waals surface area contributed by atoms with Crippen LogP contribution in [0.1, 0.15) is 0 Å². The zero-order valence-electron chi connectivity index (χ0n) is 34.0. The summed E-state index contributed by atoms with van der Waals surface area (Å²) in [6.45, 7) is 0. The van der Waals surface area contributed by atoms with Gasteiger partial charge in [0, 0.05) is 33.4 Å². The van der Waals surface area contributed by atoms with E-state index >= 15 is 0 Å². The highest BCUT2D eigenvalue weighted by atomic mass is 15.1. The minimum atomic E-state index is 1.08. The molecule has 0 fully saturated rings. The first-order valence-corrected chi connectivity index (χ1v) is 21.3. The molecule has 12 aromatic rings. The Hall–Kier alpha value is -8.20. The standard InChI is InChI=1S/C60H40N2/c1-2-16-43-37-45(32-31-41(43)15-1)44-18-13-20-49(38-44)61(50-21-14-19-46(39-50)57-40-47-17-3-4-22-51(47)53-24-5-6-25-54(53)57)48-35-33-42(34-36-48)52-23-7-10-28-58(52)62-59-29-11-8-26-55(59)56-27-9-12-30-60(56)62/h1-40H. The molecule has 11 aromatic carbocycles. The van der Waals surface area contributed by atoms with Crippen LogP contribution in [0, 0.1) is 0 Å². The minimum Gasteiger partial charge on any atom is -0.310 e. The Bertz CT molecular complexity index is 3600. The van der Waals surface area contributed by atoms with Crippen molar-refractivity contribution in [2.24, 2.45) is 0 Å². The fraction of sp³-hybridized carbons (Fsp3) is 0. The molecule has 2 heteroatoms. The first kappa shape index (κ1) is 35.7. The van der Waals surface area contributed by atoms with Crippen LogP contribution in [-0.2, 0) is 0 Å². The fourth-order valence-electron chi connectivity index (χ4n) is 9.63. The number of hydrogen-bond donors (Lipinski definition) is 0. The lowest BCUT2D eigenvalue weighted by atomic mass is 9.93. The van der Waals surface area contributed by atoms with Gasteiger partial charge in [-0.15, -0.1) is 0 Å². The molecule has 1 aromatic heterocycles. The van der Waals surface area contributed by atoms with Gasteiger partial charge in [0.1, 0.15) is 0 Å². The van der Waals surface area contributed by atoms with Crippen molar-refractivity contribution < 1.29 is 0 Å². The molecule has 0 radical (unpaired) electrons. The highest BCUT2D eigenvalue weighted by Crippen LogP contribution is 2.42. The van der Waals surface area contributed by atoms with Crippen molar-refractivity contribution in [3.8, 4) is 39.1 Å². The van der Waals surface area contributed by atoms with Crippen molar-refractivity contribution in [3.63, 3.8) is 0 Å². The molecule has 290 valence electrons. The Balaban J connectivity index is 1.01. The van der Waals surface area contributed by atoms with Crippen molar-refractivity contribution in [1.29, 1.82) is 0 Å². The molecular weight excluding hydrogens is 749 g/mol. The third kappa shape index (κ3) is 6.04. The maximum Gasteiger partial charge on any atom is 0.0541 e. The summed E-state index contributed by atoms with van der Waals surface area (Å²) < 4.78 is 2.42. The topological polar surface area (TPSA) is 8.17 Å². The molecule has 0 aliphatic rings. The molecule has 0 saturated carbocycles. The van der Waals surface area contributed by atoms with Crippen LogP contribution in [0.4, 0.5) is 17.1 Å². The Morgan fingerprint density at radius 2 is 0.790 bits per heavy atom. The number of anilines is 3. The second kappa shape index (κ2) is 14.8. The Kier molecular flexibility index (Phi) is 8.53. The summed E-state index contributed by atoms with van der Waals surface area (Å²) >= 11 is 0. The van der Waals surface area contributed by atoms with Gasteiger partial charge >= 0.3 is 0 Å². The van der Waals surface area contributed by atoms with Crippen LogP contribution >= 0.6 is 0 Å². The second-order valence-electron chi connectivity index (χ2n) is 16.1. The summed E-state index contributed by atoms with van der Waals surface area (Å²) in [6.07, 6.45) is 0. The summed E-state index contributed by atoms with van der Waals surface area (Å²) in [7, 11) is 0. The molecule has 0 amide bonds. The zero-order chi connectivity index (χ0) is 41.0. The summed E-state index contributed by atoms with van der Waals surface area (Å²) in [4.78, 5) is 2.40. The van der Waals surface area contributed by atoms with E-state index in [-0.39, 0.29) is 0 Å². The van der Waals surface area contributed by atoms with Gasteiger partial charge in [0.05, 0.1) is 16.7 Å². The van der Waals surface area contributed by atoms with Crippen LogP contribution in [0.25, 0.3) is 93.2 Å². The number of nitrogens with zero attached hydrogens (tertiary/aromatic N) is 2. The van der Waals surface area contributed by atoms with E-state index in [2.05, 4.69) is 252 Å².